The van der Waals surface area contributed by atoms with Crippen molar-refractivity contribution in [2.75, 3.05) is 19.8 Å². The van der Waals surface area contributed by atoms with E-state index in [1.54, 1.807) is 0 Å². The summed E-state index contributed by atoms with van der Waals surface area (Å²) in [6.07, 6.45) is 27.3. The molecule has 6 atom stereocenters. The number of aliphatic hydroxyl groups is 4. The summed E-state index contributed by atoms with van der Waals surface area (Å²) < 4.78 is 22.0. The van der Waals surface area contributed by atoms with E-state index >= 15 is 0 Å². The van der Waals surface area contributed by atoms with Gasteiger partial charge in [-0.15, -0.1) is 0 Å². The molecule has 10 heteroatoms. The van der Waals surface area contributed by atoms with Crippen LogP contribution in [0, 0.1) is 0 Å². The fraction of sp³-hybridized carbons (Fsp3) is 0.805. The topological polar surface area (TPSA) is 152 Å². The monoisotopic (exact) mass is 725 g/mol. The van der Waals surface area contributed by atoms with Crippen molar-refractivity contribution in [3.8, 4) is 0 Å². The Labute approximate surface area is 308 Å². The van der Waals surface area contributed by atoms with Crippen LogP contribution < -0.4 is 0 Å². The van der Waals surface area contributed by atoms with Crippen molar-refractivity contribution in [2.24, 2.45) is 0 Å². The van der Waals surface area contributed by atoms with Gasteiger partial charge in [0.25, 0.3) is 0 Å². The summed E-state index contributed by atoms with van der Waals surface area (Å²) in [5.74, 6) is -0.859. The molecule has 1 aliphatic heterocycles. The van der Waals surface area contributed by atoms with Gasteiger partial charge in [-0.25, -0.2) is 0 Å². The van der Waals surface area contributed by atoms with Gasteiger partial charge in [0, 0.05) is 12.8 Å². The lowest BCUT2D eigenvalue weighted by Gasteiger charge is -2.39. The summed E-state index contributed by atoms with van der Waals surface area (Å²) in [6, 6.07) is 0. The van der Waals surface area contributed by atoms with Gasteiger partial charge in [-0.3, -0.25) is 9.59 Å². The van der Waals surface area contributed by atoms with E-state index in [1.165, 1.54) is 51.4 Å². The lowest BCUT2D eigenvalue weighted by Crippen LogP contribution is -2.59. The summed E-state index contributed by atoms with van der Waals surface area (Å²) in [4.78, 5) is 25.2. The maximum atomic E-state index is 12.7. The highest BCUT2D eigenvalue weighted by Crippen LogP contribution is 2.22. The van der Waals surface area contributed by atoms with E-state index in [-0.39, 0.29) is 26.1 Å². The molecule has 51 heavy (non-hydrogen) atoms. The molecule has 10 nitrogen and oxygen atoms in total. The van der Waals surface area contributed by atoms with Crippen molar-refractivity contribution >= 4 is 11.9 Å². The molecule has 1 aliphatic rings. The molecular weight excluding hydrogens is 652 g/mol. The molecule has 0 aliphatic carbocycles. The smallest absolute Gasteiger partial charge is 0.306 e. The van der Waals surface area contributed by atoms with Crippen LogP contribution in [0.3, 0.4) is 0 Å². The Kier molecular flexibility index (Phi) is 30.0. The van der Waals surface area contributed by atoms with Crippen LogP contribution >= 0.6 is 0 Å². The number of carbonyl (C=O) groups is 2. The van der Waals surface area contributed by atoms with Gasteiger partial charge >= 0.3 is 11.9 Å². The number of esters is 2. The minimum absolute atomic E-state index is 0.186. The van der Waals surface area contributed by atoms with Gasteiger partial charge in [0.05, 0.1) is 13.2 Å². The molecule has 0 radical (unpaired) electrons. The zero-order valence-corrected chi connectivity index (χ0v) is 31.8. The van der Waals surface area contributed by atoms with Crippen LogP contribution in [-0.4, -0.2) is 89.0 Å². The predicted octanol–water partition coefficient (Wildman–Crippen LogP) is 7.55. The zero-order chi connectivity index (χ0) is 37.4. The Morgan fingerprint density at radius 3 is 1.75 bits per heavy atom. The van der Waals surface area contributed by atoms with Gasteiger partial charge in [0.2, 0.25) is 0 Å². The highest BCUT2D eigenvalue weighted by atomic mass is 16.7. The number of carbonyl (C=O) groups excluding carboxylic acids is 2. The number of allylic oxidation sites excluding steroid dienone is 6. The van der Waals surface area contributed by atoms with E-state index in [2.05, 4.69) is 50.3 Å². The molecule has 0 amide bonds. The van der Waals surface area contributed by atoms with Crippen molar-refractivity contribution in [1.82, 2.24) is 0 Å². The average molecular weight is 725 g/mol. The first-order chi connectivity index (χ1) is 24.8. The van der Waals surface area contributed by atoms with Gasteiger partial charge in [-0.05, 0) is 64.2 Å². The molecule has 1 heterocycles. The van der Waals surface area contributed by atoms with Crippen molar-refractivity contribution in [3.63, 3.8) is 0 Å². The largest absolute Gasteiger partial charge is 0.462 e. The molecule has 4 N–H and O–H groups in total. The Bertz CT molecular complexity index is 933. The van der Waals surface area contributed by atoms with Crippen molar-refractivity contribution in [3.05, 3.63) is 36.5 Å². The van der Waals surface area contributed by atoms with Gasteiger partial charge in [-0.1, -0.05) is 115 Å². The van der Waals surface area contributed by atoms with E-state index in [0.29, 0.717) is 12.8 Å². The highest BCUT2D eigenvalue weighted by Gasteiger charge is 2.44. The molecule has 1 saturated heterocycles. The molecule has 0 aromatic rings. The second kappa shape index (κ2) is 32.6. The minimum atomic E-state index is -1.60. The van der Waals surface area contributed by atoms with E-state index in [0.717, 1.165) is 64.2 Å². The first-order valence-electron chi connectivity index (χ1n) is 20.1. The average Bonchev–Trinajstić information content (AvgIpc) is 3.13. The molecule has 0 saturated carbocycles. The lowest BCUT2D eigenvalue weighted by molar-refractivity contribution is -0.305. The lowest BCUT2D eigenvalue weighted by atomic mass is 9.99. The van der Waals surface area contributed by atoms with Crippen molar-refractivity contribution in [1.29, 1.82) is 0 Å². The van der Waals surface area contributed by atoms with Crippen LogP contribution in [0.4, 0.5) is 0 Å². The molecule has 0 aromatic heterocycles. The number of ether oxygens (including phenoxy) is 4. The summed E-state index contributed by atoms with van der Waals surface area (Å²) in [5.41, 5.74) is 0. The Hall–Kier alpha value is -2.08. The fourth-order valence-corrected chi connectivity index (χ4v) is 5.73. The fourth-order valence-electron chi connectivity index (χ4n) is 5.73. The van der Waals surface area contributed by atoms with Crippen LogP contribution in [0.25, 0.3) is 0 Å². The van der Waals surface area contributed by atoms with E-state index in [1.807, 2.05) is 0 Å². The van der Waals surface area contributed by atoms with E-state index in [9.17, 15) is 30.0 Å². The van der Waals surface area contributed by atoms with Crippen LogP contribution in [0.5, 0.6) is 0 Å². The first kappa shape index (κ1) is 46.9. The second-order valence-corrected chi connectivity index (χ2v) is 13.7. The summed E-state index contributed by atoms with van der Waals surface area (Å²) in [6.45, 7) is 3.31. The van der Waals surface area contributed by atoms with Crippen LogP contribution in [0.2, 0.25) is 0 Å². The third kappa shape index (κ3) is 24.7. The Morgan fingerprint density at radius 2 is 1.12 bits per heavy atom. The maximum Gasteiger partial charge on any atom is 0.306 e. The minimum Gasteiger partial charge on any atom is -0.462 e. The zero-order valence-electron chi connectivity index (χ0n) is 31.8. The summed E-state index contributed by atoms with van der Waals surface area (Å²) in [7, 11) is 0. The summed E-state index contributed by atoms with van der Waals surface area (Å²) in [5, 5.41) is 39.9. The Balaban J connectivity index is 2.42. The predicted molar refractivity (Wildman–Crippen MR) is 201 cm³/mol. The van der Waals surface area contributed by atoms with Gasteiger partial charge in [-0.2, -0.15) is 0 Å². The molecule has 0 spiro atoms. The number of rotatable bonds is 32. The Morgan fingerprint density at radius 1 is 0.608 bits per heavy atom. The molecule has 2 unspecified atom stereocenters. The maximum absolute atomic E-state index is 12.7. The molecule has 0 bridgehead atoms. The van der Waals surface area contributed by atoms with Gasteiger partial charge in [0.15, 0.2) is 12.4 Å². The number of unbranched alkanes of at least 4 members (excludes halogenated alkanes) is 15. The standard InChI is InChI=1S/C41H72O10/c1-3-5-7-9-11-13-15-16-17-18-20-22-24-26-28-30-37(44)50-34(33-49-41-40(47)39(46)38(45)35(31-42)51-41)32-48-36(43)29-27-25-23-21-19-14-12-10-8-6-4-2/h10,12,16-17,20,22,34-35,38-42,45-47H,3-9,11,13-15,18-19,21,23-33H2,1-2H3/b12-10+,17-16+,22-20+/t34-,35-,38+,39?,40?,41-/m1/s1. The number of hydrogen-bond acceptors (Lipinski definition) is 10. The molecular formula is C41H72O10. The molecule has 1 fully saturated rings. The second-order valence-electron chi connectivity index (χ2n) is 13.7. The molecule has 296 valence electrons. The third-order valence-corrected chi connectivity index (χ3v) is 9.00. The summed E-state index contributed by atoms with van der Waals surface area (Å²) >= 11 is 0. The van der Waals surface area contributed by atoms with Crippen LogP contribution in [0.15, 0.2) is 36.5 Å². The normalized spacial score (nSPS) is 21.6. The molecule has 1 rings (SSSR count). The van der Waals surface area contributed by atoms with Gasteiger partial charge in [0.1, 0.15) is 31.0 Å². The molecule has 0 aromatic carbocycles. The van der Waals surface area contributed by atoms with Crippen molar-refractivity contribution in [2.45, 2.75) is 192 Å². The van der Waals surface area contributed by atoms with E-state index < -0.39 is 55.4 Å². The van der Waals surface area contributed by atoms with Crippen molar-refractivity contribution < 1.29 is 49.0 Å². The van der Waals surface area contributed by atoms with Gasteiger partial charge < -0.3 is 39.4 Å². The first-order valence-corrected chi connectivity index (χ1v) is 20.1. The van der Waals surface area contributed by atoms with Crippen LogP contribution in [0.1, 0.15) is 155 Å². The number of aliphatic hydroxyl groups excluding tert-OH is 4. The van der Waals surface area contributed by atoms with E-state index in [4.69, 9.17) is 18.9 Å². The SMILES string of the molecule is CCCC/C=C/CCCCCCCC(=O)OC[C@H](CO[C@@H]1O[C@H](CO)[C@H](O)C(O)C1O)OC(=O)CCCC/C=C/C/C=C/CCCCCCCC. The quantitative estimate of drug-likeness (QED) is 0.0311. The third-order valence-electron chi connectivity index (χ3n) is 9.00. The van der Waals surface area contributed by atoms with Crippen LogP contribution in [-0.2, 0) is 28.5 Å². The highest BCUT2D eigenvalue weighted by molar-refractivity contribution is 5.70. The number of hydrogen-bond donors (Lipinski definition) is 4.